The first-order valence-electron chi connectivity index (χ1n) is 33.6. The van der Waals surface area contributed by atoms with Crippen molar-refractivity contribution in [2.24, 2.45) is 22.7 Å². The first-order chi connectivity index (χ1) is 43.9. The average molecular weight is 1290 g/mol. The number of aliphatic hydroxyl groups excluding tert-OH is 5. The summed E-state index contributed by atoms with van der Waals surface area (Å²) in [6.07, 6.45) is 12.2. The van der Waals surface area contributed by atoms with E-state index in [0.717, 1.165) is 89.0 Å². The molecule has 0 bridgehead atoms. The molecule has 91 heavy (non-hydrogen) atoms. The summed E-state index contributed by atoms with van der Waals surface area (Å²) < 4.78 is 36.3. The summed E-state index contributed by atoms with van der Waals surface area (Å²) in [7, 11) is 0. The first-order valence-corrected chi connectivity index (χ1v) is 33.6. The third-order valence-electron chi connectivity index (χ3n) is 16.5. The molecule has 0 spiro atoms. The number of nitrogens with one attached hydrogen (secondary N) is 4. The lowest BCUT2D eigenvalue weighted by molar-refractivity contribution is -0.303. The van der Waals surface area contributed by atoms with E-state index in [-0.39, 0.29) is 68.7 Å². The molecule has 11 N–H and O–H groups in total. The number of benzene rings is 2. The van der Waals surface area contributed by atoms with Crippen LogP contribution in [0.25, 0.3) is 10.4 Å². The second-order valence-electron chi connectivity index (χ2n) is 24.6. The van der Waals surface area contributed by atoms with Crippen LogP contribution in [0.3, 0.4) is 0 Å². The fourth-order valence-electron chi connectivity index (χ4n) is 11.0. The van der Waals surface area contributed by atoms with E-state index in [4.69, 9.17) is 30.2 Å². The Morgan fingerprint density at radius 2 is 1.30 bits per heavy atom. The molecule has 3 rings (SSSR count). The Kier molecular flexibility index (Phi) is 41.7. The van der Waals surface area contributed by atoms with Crippen molar-refractivity contribution in [1.29, 1.82) is 0 Å². The Hall–Kier alpha value is -5.98. The highest BCUT2D eigenvalue weighted by atomic mass is 19.1. The van der Waals surface area contributed by atoms with Crippen molar-refractivity contribution >= 4 is 41.4 Å². The normalized spacial score (nSPS) is 18.0. The molecule has 1 aliphatic heterocycles. The Bertz CT molecular complexity index is 2400. The van der Waals surface area contributed by atoms with E-state index >= 15 is 0 Å². The molecule has 5 amide bonds. The molecular formula is C67H109FN8O15. The topological polar surface area (TPSA) is 363 Å². The van der Waals surface area contributed by atoms with Crippen LogP contribution in [-0.2, 0) is 51.2 Å². The molecule has 23 nitrogen and oxygen atoms in total. The van der Waals surface area contributed by atoms with Crippen LogP contribution in [0.1, 0.15) is 218 Å². The van der Waals surface area contributed by atoms with Gasteiger partial charge in [-0.2, -0.15) is 0 Å². The number of aryl methyl sites for hydroxylation is 1. The largest absolute Gasteiger partial charge is 0.460 e. The summed E-state index contributed by atoms with van der Waals surface area (Å²) in [5.74, 6) is -3.07. The summed E-state index contributed by atoms with van der Waals surface area (Å²) in [5.41, 5.74) is 15.7. The lowest BCUT2D eigenvalue weighted by Gasteiger charge is -2.40. The van der Waals surface area contributed by atoms with Gasteiger partial charge < -0.3 is 71.5 Å². The number of carbonyl (C=O) groups excluding carboxylic acids is 6. The predicted octanol–water partition coefficient (Wildman–Crippen LogP) is 10.3. The molecule has 10 atom stereocenters. The van der Waals surface area contributed by atoms with Crippen LogP contribution in [0.5, 0.6) is 0 Å². The minimum absolute atomic E-state index is 0.102. The van der Waals surface area contributed by atoms with Crippen LogP contribution < -0.4 is 27.0 Å². The highest BCUT2D eigenvalue weighted by Crippen LogP contribution is 2.25. The number of aliphatic hydroxyl groups is 5. The van der Waals surface area contributed by atoms with Crippen LogP contribution in [0.15, 0.2) is 53.6 Å². The number of alkyl carbamates (subject to hydrolysis) is 1. The number of rotatable bonds is 51. The number of anilines is 1. The number of esters is 1. The number of urea groups is 1. The maximum Gasteiger partial charge on any atom is 0.407 e. The van der Waals surface area contributed by atoms with Crippen LogP contribution in [0.2, 0.25) is 0 Å². The molecule has 1 heterocycles. The zero-order valence-electron chi connectivity index (χ0n) is 54.3. The molecule has 0 aliphatic carbocycles. The van der Waals surface area contributed by atoms with Crippen molar-refractivity contribution < 1.29 is 77.6 Å². The van der Waals surface area contributed by atoms with Gasteiger partial charge in [0, 0.05) is 48.9 Å². The second-order valence-corrected chi connectivity index (χ2v) is 24.6. The van der Waals surface area contributed by atoms with Gasteiger partial charge in [-0.3, -0.25) is 19.2 Å². The molecule has 0 saturated carbocycles. The van der Waals surface area contributed by atoms with Crippen molar-refractivity contribution in [3.05, 3.63) is 75.9 Å². The van der Waals surface area contributed by atoms with Crippen molar-refractivity contribution in [2.75, 3.05) is 31.6 Å². The number of nitrogens with zero attached hydrogens (tertiary/aromatic N) is 3. The van der Waals surface area contributed by atoms with Gasteiger partial charge in [-0.05, 0) is 105 Å². The summed E-state index contributed by atoms with van der Waals surface area (Å²) in [5, 5.41) is 68.1. The van der Waals surface area contributed by atoms with Crippen LogP contribution in [0.4, 0.5) is 19.7 Å². The van der Waals surface area contributed by atoms with E-state index in [1.807, 2.05) is 12.1 Å². The Morgan fingerprint density at radius 3 is 1.90 bits per heavy atom. The molecule has 2 aromatic carbocycles. The zero-order valence-corrected chi connectivity index (χ0v) is 54.3. The molecule has 2 unspecified atom stereocenters. The molecule has 1 saturated heterocycles. The summed E-state index contributed by atoms with van der Waals surface area (Å²) in [6.45, 7) is 4.67. The van der Waals surface area contributed by atoms with E-state index in [2.05, 4.69) is 38.2 Å². The number of primary amides is 1. The SMILES string of the molecule is CCCCCCCCCCCCCC[C@@H](OC(=O)CCCCCCCCCCc1ccc(F)cc1)[C@@H](O)[C@H](CO[C@H]1OC(CO)[C@H](O)[C@H](O)C1O)NC(=O)OCc1ccc(NC(=O)[C@H](CCCNC(N)=O)CC(=O)[C@@H](NC(=O)CCCCCN=[N+]=[N-])C(C)C)cc1. The van der Waals surface area contributed by atoms with E-state index < -0.39 is 98.1 Å². The number of amides is 5. The Morgan fingerprint density at radius 1 is 0.714 bits per heavy atom. The molecule has 514 valence electrons. The standard InChI is InChI=1S/C67H109FN8O15/c1-4-5-6-7-8-9-10-11-12-16-19-23-30-55(90-58(80)32-25-20-17-14-13-15-18-22-28-48-33-37-51(68)38-34-48)60(81)53(46-88-65-63(84)62(83)61(82)56(44-77)91-65)74-67(87)89-45-49-35-39-52(40-36-49)73-64(85)50(29-27-41-71-66(69)86)43-54(78)59(47(2)3)75-57(79)31-24-21-26-42-72-76-70/h33-40,47,50,53,55-56,59-63,65,77,81-84H,4-32,41-46H2,1-3H3,(H,73,85)(H,74,87)(H,75,79)(H3,69,71,86)/t50-,53+,55-,56?,59+,60+,61+,62+,63?,65+/m1/s1. The lowest BCUT2D eigenvalue weighted by atomic mass is 9.89. The average Bonchev–Trinajstić information content (AvgIpc) is 1.23. The number of hydrogen-bond acceptors (Lipinski definition) is 16. The molecule has 1 aliphatic rings. The van der Waals surface area contributed by atoms with E-state index in [1.165, 1.54) is 50.7 Å². The third kappa shape index (κ3) is 34.5. The quantitative estimate of drug-likeness (QED) is 0.00968. The van der Waals surface area contributed by atoms with Crippen LogP contribution >= 0.6 is 0 Å². The fraction of sp³-hybridized carbons (Fsp3) is 0.731. The van der Waals surface area contributed by atoms with Gasteiger partial charge in [0.25, 0.3) is 0 Å². The number of nitrogens with two attached hydrogens (primary N) is 1. The molecule has 1 fully saturated rings. The minimum atomic E-state index is -1.79. The number of halogens is 1. The van der Waals surface area contributed by atoms with Gasteiger partial charge in [0.1, 0.15) is 49.0 Å². The van der Waals surface area contributed by atoms with E-state index in [1.54, 1.807) is 38.1 Å². The lowest BCUT2D eigenvalue weighted by Crippen LogP contribution is -2.60. The van der Waals surface area contributed by atoms with Crippen molar-refractivity contribution in [3.8, 4) is 0 Å². The van der Waals surface area contributed by atoms with Gasteiger partial charge in [0.15, 0.2) is 12.1 Å². The Labute approximate surface area is 538 Å². The number of ether oxygens (including phenoxy) is 4. The molecule has 24 heteroatoms. The van der Waals surface area contributed by atoms with Gasteiger partial charge in [-0.25, -0.2) is 14.0 Å². The monoisotopic (exact) mass is 1280 g/mol. The number of hydrogen-bond donors (Lipinski definition) is 10. The maximum absolute atomic E-state index is 13.9. The zero-order chi connectivity index (χ0) is 66.6. The van der Waals surface area contributed by atoms with Crippen LogP contribution in [-0.4, -0.2) is 143 Å². The van der Waals surface area contributed by atoms with Gasteiger partial charge in [0.2, 0.25) is 11.8 Å². The summed E-state index contributed by atoms with van der Waals surface area (Å²) in [6, 6.07) is 9.97. The third-order valence-corrected chi connectivity index (χ3v) is 16.5. The van der Waals surface area contributed by atoms with Crippen molar-refractivity contribution in [3.63, 3.8) is 0 Å². The number of azide groups is 1. The van der Waals surface area contributed by atoms with E-state index in [0.29, 0.717) is 56.3 Å². The van der Waals surface area contributed by atoms with Gasteiger partial charge >= 0.3 is 18.1 Å². The highest BCUT2D eigenvalue weighted by Gasteiger charge is 2.45. The Balaban J connectivity index is 1.71. The molecule has 2 aromatic rings. The van der Waals surface area contributed by atoms with Gasteiger partial charge in [-0.15, -0.1) is 0 Å². The summed E-state index contributed by atoms with van der Waals surface area (Å²) >= 11 is 0. The van der Waals surface area contributed by atoms with Crippen molar-refractivity contribution in [2.45, 2.75) is 275 Å². The number of Topliss-reactive ketones (excluding diaryl/α,β-unsaturated/α-hetero) is 1. The maximum atomic E-state index is 13.9. The van der Waals surface area contributed by atoms with Gasteiger partial charge in [0.05, 0.1) is 25.3 Å². The van der Waals surface area contributed by atoms with Crippen molar-refractivity contribution in [1.82, 2.24) is 16.0 Å². The number of carbonyl (C=O) groups is 6. The number of ketones is 1. The second kappa shape index (κ2) is 47.8. The number of unbranched alkanes of at least 4 members (excludes halogenated alkanes) is 20. The molecule has 0 aromatic heterocycles. The predicted molar refractivity (Wildman–Crippen MR) is 344 cm³/mol. The minimum Gasteiger partial charge on any atom is -0.460 e. The first kappa shape index (κ1) is 79.3. The fourth-order valence-corrected chi connectivity index (χ4v) is 11.0. The van der Waals surface area contributed by atoms with E-state index in [9.17, 15) is 58.7 Å². The smallest absolute Gasteiger partial charge is 0.407 e. The molecular weight excluding hydrogens is 1180 g/mol. The van der Waals surface area contributed by atoms with Crippen LogP contribution in [0, 0.1) is 17.7 Å². The van der Waals surface area contributed by atoms with Gasteiger partial charge in [-0.1, -0.05) is 166 Å². The summed E-state index contributed by atoms with van der Waals surface area (Å²) in [4.78, 5) is 81.9. The highest BCUT2D eigenvalue weighted by molar-refractivity contribution is 5.97. The molecule has 0 radical (unpaired) electrons.